The number of alkyl halides is 1. The van der Waals surface area contributed by atoms with Crippen molar-refractivity contribution in [2.75, 3.05) is 17.8 Å². The Balaban J connectivity index is 1.65. The molecular weight excluding hydrogens is 408 g/mol. The molecule has 0 unspecified atom stereocenters. The zero-order valence-electron chi connectivity index (χ0n) is 17.3. The van der Waals surface area contributed by atoms with Crippen LogP contribution in [0.25, 0.3) is 22.0 Å². The maximum absolute atomic E-state index is 9.70. The van der Waals surface area contributed by atoms with Crippen LogP contribution in [0.3, 0.4) is 0 Å². The van der Waals surface area contributed by atoms with Gasteiger partial charge in [0.15, 0.2) is 0 Å². The van der Waals surface area contributed by atoms with Crippen molar-refractivity contribution >= 4 is 33.9 Å². The van der Waals surface area contributed by atoms with E-state index in [-0.39, 0.29) is 0 Å². The van der Waals surface area contributed by atoms with Crippen LogP contribution in [0.15, 0.2) is 61.1 Å². The van der Waals surface area contributed by atoms with Gasteiger partial charge in [0.1, 0.15) is 11.8 Å². The Labute approximate surface area is 186 Å². The molecule has 0 spiro atoms. The third-order valence-electron chi connectivity index (χ3n) is 5.29. The van der Waals surface area contributed by atoms with Crippen molar-refractivity contribution in [3.8, 4) is 22.9 Å². The largest absolute Gasteiger partial charge is 0.494 e. The molecule has 6 heteroatoms. The number of hydrogen-bond donors (Lipinski definition) is 2. The number of aromatic amines is 1. The number of unbranched alkanes of at least 4 members (excludes halogenated alkanes) is 1. The number of ether oxygens (including phenoxy) is 1. The molecule has 0 fully saturated rings. The van der Waals surface area contributed by atoms with E-state index in [9.17, 15) is 5.26 Å². The number of fused-ring (bicyclic) bond motifs is 1. The molecule has 0 bridgehead atoms. The smallest absolute Gasteiger partial charge is 0.119 e. The summed E-state index contributed by atoms with van der Waals surface area (Å²) in [5, 5.41) is 14.3. The Kier molecular flexibility index (Phi) is 6.40. The molecule has 156 valence electrons. The number of nitrogens with zero attached hydrogens (tertiary/aromatic N) is 2. The van der Waals surface area contributed by atoms with E-state index in [1.54, 1.807) is 12.4 Å². The molecule has 4 rings (SSSR count). The molecule has 0 radical (unpaired) electrons. The number of aryl methyl sites for hydroxylation is 1. The van der Waals surface area contributed by atoms with E-state index >= 15 is 0 Å². The van der Waals surface area contributed by atoms with Crippen LogP contribution in [0.2, 0.25) is 0 Å². The fraction of sp³-hybridized carbons (Fsp3) is 0.200. The summed E-state index contributed by atoms with van der Waals surface area (Å²) in [6.07, 6.45) is 7.17. The normalized spacial score (nSPS) is 10.7. The lowest BCUT2D eigenvalue weighted by molar-refractivity contribution is 0.310. The van der Waals surface area contributed by atoms with Gasteiger partial charge < -0.3 is 15.0 Å². The average molecular weight is 431 g/mol. The van der Waals surface area contributed by atoms with Crippen molar-refractivity contribution in [2.24, 2.45) is 0 Å². The standard InChI is InChI=1S/C25H23ClN4O/c1-17-21-10-12-29-24(21)9-8-23(17)30-25-19(14-27)15-28-16-22(25)18-4-6-20(7-5-18)31-13-3-2-11-26/h4-10,12,15-16,29H,2-3,11,13H2,1H3,(H,28,30). The number of nitrogens with one attached hydrogen (secondary N) is 2. The molecule has 31 heavy (non-hydrogen) atoms. The maximum Gasteiger partial charge on any atom is 0.119 e. The minimum atomic E-state index is 0.493. The molecule has 2 N–H and O–H groups in total. The highest BCUT2D eigenvalue weighted by atomic mass is 35.5. The number of benzene rings is 2. The van der Waals surface area contributed by atoms with E-state index < -0.39 is 0 Å². The Morgan fingerprint density at radius 2 is 1.94 bits per heavy atom. The zero-order chi connectivity index (χ0) is 21.6. The van der Waals surface area contributed by atoms with E-state index in [1.807, 2.05) is 42.6 Å². The summed E-state index contributed by atoms with van der Waals surface area (Å²) < 4.78 is 5.77. The van der Waals surface area contributed by atoms with Gasteiger partial charge in [-0.25, -0.2) is 0 Å². The summed E-state index contributed by atoms with van der Waals surface area (Å²) in [5.74, 6) is 1.46. The van der Waals surface area contributed by atoms with Crippen LogP contribution in [-0.2, 0) is 0 Å². The molecule has 2 heterocycles. The summed E-state index contributed by atoms with van der Waals surface area (Å²) in [4.78, 5) is 7.51. The average Bonchev–Trinajstić information content (AvgIpc) is 3.29. The first-order valence-corrected chi connectivity index (χ1v) is 10.8. The second-order valence-corrected chi connectivity index (χ2v) is 7.67. The number of aromatic nitrogens is 2. The van der Waals surface area contributed by atoms with Gasteiger partial charge in [-0.15, -0.1) is 11.6 Å². The van der Waals surface area contributed by atoms with Gasteiger partial charge in [-0.3, -0.25) is 4.98 Å². The van der Waals surface area contributed by atoms with Crippen LogP contribution in [0, 0.1) is 18.3 Å². The van der Waals surface area contributed by atoms with Crippen molar-refractivity contribution in [1.29, 1.82) is 5.26 Å². The van der Waals surface area contributed by atoms with E-state index in [1.165, 1.54) is 0 Å². The maximum atomic E-state index is 9.70. The monoisotopic (exact) mass is 430 g/mol. The van der Waals surface area contributed by atoms with Crippen molar-refractivity contribution < 1.29 is 4.74 Å². The number of anilines is 2. The van der Waals surface area contributed by atoms with Crippen LogP contribution in [0.1, 0.15) is 24.0 Å². The number of nitriles is 1. The molecule has 5 nitrogen and oxygen atoms in total. The molecule has 0 amide bonds. The first kappa shape index (κ1) is 20.8. The van der Waals surface area contributed by atoms with E-state index in [4.69, 9.17) is 16.3 Å². The lowest BCUT2D eigenvalue weighted by Gasteiger charge is -2.16. The van der Waals surface area contributed by atoms with Gasteiger partial charge in [-0.05, 0) is 61.2 Å². The Morgan fingerprint density at radius 1 is 1.10 bits per heavy atom. The molecule has 2 aromatic carbocycles. The first-order chi connectivity index (χ1) is 15.2. The van der Waals surface area contributed by atoms with Crippen LogP contribution in [-0.4, -0.2) is 22.5 Å². The van der Waals surface area contributed by atoms with Gasteiger partial charge in [0, 0.05) is 46.6 Å². The van der Waals surface area contributed by atoms with Gasteiger partial charge in [-0.2, -0.15) is 5.26 Å². The molecule has 0 aliphatic carbocycles. The number of pyridine rings is 1. The van der Waals surface area contributed by atoms with Crippen LogP contribution >= 0.6 is 11.6 Å². The van der Waals surface area contributed by atoms with Gasteiger partial charge in [0.25, 0.3) is 0 Å². The topological polar surface area (TPSA) is 73.7 Å². The summed E-state index contributed by atoms with van der Waals surface area (Å²) in [6.45, 7) is 2.72. The highest BCUT2D eigenvalue weighted by Gasteiger charge is 2.14. The Bertz CT molecular complexity index is 1220. The molecule has 0 aliphatic rings. The lowest BCUT2D eigenvalue weighted by Crippen LogP contribution is -2.00. The molecule has 0 saturated heterocycles. The van der Waals surface area contributed by atoms with Crippen LogP contribution in [0.5, 0.6) is 5.75 Å². The summed E-state index contributed by atoms with van der Waals surface area (Å²) in [7, 11) is 0. The highest BCUT2D eigenvalue weighted by molar-refractivity contribution is 6.17. The Morgan fingerprint density at radius 3 is 2.71 bits per heavy atom. The second-order valence-electron chi connectivity index (χ2n) is 7.29. The fourth-order valence-corrected chi connectivity index (χ4v) is 3.76. The summed E-state index contributed by atoms with van der Waals surface area (Å²) in [5.41, 5.74) is 6.21. The number of rotatable bonds is 8. The number of halogens is 1. The second kappa shape index (κ2) is 9.55. The predicted octanol–water partition coefficient (Wildman–Crippen LogP) is 6.55. The quantitative estimate of drug-likeness (QED) is 0.245. The minimum absolute atomic E-state index is 0.493. The highest BCUT2D eigenvalue weighted by Crippen LogP contribution is 2.35. The molecule has 0 saturated carbocycles. The predicted molar refractivity (Wildman–Crippen MR) is 126 cm³/mol. The first-order valence-electron chi connectivity index (χ1n) is 10.2. The zero-order valence-corrected chi connectivity index (χ0v) is 18.0. The van der Waals surface area contributed by atoms with Crippen LogP contribution in [0.4, 0.5) is 11.4 Å². The number of hydrogen-bond acceptors (Lipinski definition) is 4. The summed E-state index contributed by atoms with van der Waals surface area (Å²) >= 11 is 5.71. The van der Waals surface area contributed by atoms with Gasteiger partial charge in [0.2, 0.25) is 0 Å². The van der Waals surface area contributed by atoms with Crippen molar-refractivity contribution in [1.82, 2.24) is 9.97 Å². The molecular formula is C25H23ClN4O. The van der Waals surface area contributed by atoms with E-state index in [2.05, 4.69) is 34.3 Å². The van der Waals surface area contributed by atoms with E-state index in [0.29, 0.717) is 18.1 Å². The fourth-order valence-electron chi connectivity index (χ4n) is 3.57. The third kappa shape index (κ3) is 4.50. The van der Waals surface area contributed by atoms with Gasteiger partial charge in [0.05, 0.1) is 17.9 Å². The molecule has 2 aromatic heterocycles. The Hall–Kier alpha value is -3.49. The molecule has 0 aliphatic heterocycles. The lowest BCUT2D eigenvalue weighted by atomic mass is 10.0. The van der Waals surface area contributed by atoms with Gasteiger partial charge in [-0.1, -0.05) is 12.1 Å². The minimum Gasteiger partial charge on any atom is -0.494 e. The van der Waals surface area contributed by atoms with Gasteiger partial charge >= 0.3 is 0 Å². The third-order valence-corrected chi connectivity index (χ3v) is 5.56. The van der Waals surface area contributed by atoms with Crippen molar-refractivity contribution in [3.05, 3.63) is 72.2 Å². The van der Waals surface area contributed by atoms with Crippen molar-refractivity contribution in [2.45, 2.75) is 19.8 Å². The van der Waals surface area contributed by atoms with Crippen LogP contribution < -0.4 is 10.1 Å². The molecule has 0 atom stereocenters. The van der Waals surface area contributed by atoms with Crippen molar-refractivity contribution in [3.63, 3.8) is 0 Å². The molecule has 4 aromatic rings. The summed E-state index contributed by atoms with van der Waals surface area (Å²) in [6, 6.07) is 16.2. The van der Waals surface area contributed by atoms with E-state index in [0.717, 1.165) is 57.6 Å². The SMILES string of the molecule is Cc1c(Nc2c(C#N)cncc2-c2ccc(OCCCCCl)cc2)ccc2[nH]ccc12. The number of H-pyrrole nitrogens is 1.